The maximum absolute atomic E-state index is 12.8. The SMILES string of the molecule is NCc1cccc(C(=O)N2CCC[C@H]2C(=O)NCc2ccc(Cl)cc2)c1. The summed E-state index contributed by atoms with van der Waals surface area (Å²) in [6.07, 6.45) is 1.50. The van der Waals surface area contributed by atoms with Crippen molar-refractivity contribution in [1.82, 2.24) is 10.2 Å². The van der Waals surface area contributed by atoms with Gasteiger partial charge in [0.15, 0.2) is 0 Å². The lowest BCUT2D eigenvalue weighted by Gasteiger charge is -2.24. The maximum atomic E-state index is 12.8. The first-order valence-corrected chi connectivity index (χ1v) is 9.08. The summed E-state index contributed by atoms with van der Waals surface area (Å²) in [7, 11) is 0. The van der Waals surface area contributed by atoms with Crippen molar-refractivity contribution in [2.24, 2.45) is 5.73 Å². The maximum Gasteiger partial charge on any atom is 0.254 e. The molecule has 2 aromatic carbocycles. The molecule has 136 valence electrons. The molecular weight excluding hydrogens is 350 g/mol. The Bertz CT molecular complexity index is 792. The number of amides is 2. The molecule has 5 nitrogen and oxygen atoms in total. The summed E-state index contributed by atoms with van der Waals surface area (Å²) in [5, 5.41) is 3.58. The van der Waals surface area contributed by atoms with Crippen LogP contribution in [0, 0.1) is 0 Å². The zero-order chi connectivity index (χ0) is 18.5. The molecule has 2 amide bonds. The predicted octanol–water partition coefficient (Wildman–Crippen LogP) is 2.72. The zero-order valence-corrected chi connectivity index (χ0v) is 15.2. The Morgan fingerprint density at radius 3 is 2.65 bits per heavy atom. The predicted molar refractivity (Wildman–Crippen MR) is 102 cm³/mol. The number of carbonyl (C=O) groups excluding carboxylic acids is 2. The van der Waals surface area contributed by atoms with Crippen LogP contribution in [0.5, 0.6) is 0 Å². The fourth-order valence-electron chi connectivity index (χ4n) is 3.19. The van der Waals surface area contributed by atoms with E-state index in [0.717, 1.165) is 17.5 Å². The molecule has 0 radical (unpaired) electrons. The number of benzene rings is 2. The van der Waals surface area contributed by atoms with Crippen LogP contribution < -0.4 is 11.1 Å². The van der Waals surface area contributed by atoms with Gasteiger partial charge in [0.25, 0.3) is 5.91 Å². The van der Waals surface area contributed by atoms with Gasteiger partial charge in [-0.3, -0.25) is 9.59 Å². The van der Waals surface area contributed by atoms with Crippen LogP contribution in [0.25, 0.3) is 0 Å². The molecule has 1 aliphatic rings. The van der Waals surface area contributed by atoms with Gasteiger partial charge in [-0.15, -0.1) is 0 Å². The molecule has 2 aromatic rings. The van der Waals surface area contributed by atoms with Crippen LogP contribution in [0.4, 0.5) is 0 Å². The molecule has 3 N–H and O–H groups in total. The van der Waals surface area contributed by atoms with Gasteiger partial charge in [0.2, 0.25) is 5.91 Å². The number of carbonyl (C=O) groups is 2. The summed E-state index contributed by atoms with van der Waals surface area (Å²) in [4.78, 5) is 27.1. The van der Waals surface area contributed by atoms with Crippen LogP contribution in [0.1, 0.15) is 34.3 Å². The molecule has 1 saturated heterocycles. The van der Waals surface area contributed by atoms with E-state index in [0.29, 0.717) is 36.6 Å². The smallest absolute Gasteiger partial charge is 0.254 e. The summed E-state index contributed by atoms with van der Waals surface area (Å²) in [6, 6.07) is 14.2. The first kappa shape index (κ1) is 18.4. The number of hydrogen-bond donors (Lipinski definition) is 2. The molecule has 1 heterocycles. The third kappa shape index (κ3) is 4.23. The van der Waals surface area contributed by atoms with Crippen molar-refractivity contribution >= 4 is 23.4 Å². The van der Waals surface area contributed by atoms with Crippen molar-refractivity contribution in [3.05, 3.63) is 70.2 Å². The molecule has 3 rings (SSSR count). The van der Waals surface area contributed by atoms with Crippen LogP contribution in [0.2, 0.25) is 5.02 Å². The van der Waals surface area contributed by atoms with Gasteiger partial charge in [0.05, 0.1) is 0 Å². The van der Waals surface area contributed by atoms with Crippen molar-refractivity contribution in [1.29, 1.82) is 0 Å². The van der Waals surface area contributed by atoms with Crippen molar-refractivity contribution in [3.63, 3.8) is 0 Å². The largest absolute Gasteiger partial charge is 0.350 e. The Labute approximate surface area is 158 Å². The van der Waals surface area contributed by atoms with Gasteiger partial charge in [-0.05, 0) is 48.2 Å². The second kappa shape index (κ2) is 8.34. The number of rotatable bonds is 5. The number of nitrogens with two attached hydrogens (primary N) is 1. The summed E-state index contributed by atoms with van der Waals surface area (Å²) in [5.41, 5.74) is 8.10. The molecule has 0 aliphatic carbocycles. The topological polar surface area (TPSA) is 75.4 Å². The minimum atomic E-state index is -0.434. The molecule has 1 aliphatic heterocycles. The average Bonchev–Trinajstić information content (AvgIpc) is 3.16. The third-order valence-electron chi connectivity index (χ3n) is 4.61. The molecule has 6 heteroatoms. The second-order valence-electron chi connectivity index (χ2n) is 6.41. The molecule has 0 spiro atoms. The molecule has 1 atom stereocenters. The number of likely N-dealkylation sites (tertiary alicyclic amines) is 1. The van der Waals surface area contributed by atoms with Crippen LogP contribution in [-0.4, -0.2) is 29.3 Å². The Hall–Kier alpha value is -2.37. The number of hydrogen-bond acceptors (Lipinski definition) is 3. The lowest BCUT2D eigenvalue weighted by molar-refractivity contribution is -0.125. The van der Waals surface area contributed by atoms with Crippen LogP contribution in [0.3, 0.4) is 0 Å². The van der Waals surface area contributed by atoms with E-state index in [1.165, 1.54) is 0 Å². The zero-order valence-electron chi connectivity index (χ0n) is 14.5. The van der Waals surface area contributed by atoms with Gasteiger partial charge < -0.3 is 16.0 Å². The fourth-order valence-corrected chi connectivity index (χ4v) is 3.31. The van der Waals surface area contributed by atoms with Crippen LogP contribution >= 0.6 is 11.6 Å². The normalized spacial score (nSPS) is 16.5. The average molecular weight is 372 g/mol. The van der Waals surface area contributed by atoms with Crippen molar-refractivity contribution in [3.8, 4) is 0 Å². The molecule has 0 bridgehead atoms. The van der Waals surface area contributed by atoms with E-state index in [1.807, 2.05) is 24.3 Å². The first-order valence-electron chi connectivity index (χ1n) is 8.70. The van der Waals surface area contributed by atoms with Gasteiger partial charge in [-0.2, -0.15) is 0 Å². The molecule has 0 unspecified atom stereocenters. The highest BCUT2D eigenvalue weighted by Gasteiger charge is 2.34. The van der Waals surface area contributed by atoms with E-state index in [-0.39, 0.29) is 11.8 Å². The number of nitrogens with zero attached hydrogens (tertiary/aromatic N) is 1. The summed E-state index contributed by atoms with van der Waals surface area (Å²) < 4.78 is 0. The van der Waals surface area contributed by atoms with Gasteiger partial charge in [0, 0.05) is 30.2 Å². The van der Waals surface area contributed by atoms with E-state index in [2.05, 4.69) is 5.32 Å². The van der Waals surface area contributed by atoms with E-state index in [1.54, 1.807) is 29.2 Å². The Balaban J connectivity index is 1.65. The summed E-state index contributed by atoms with van der Waals surface area (Å²) in [6.45, 7) is 1.38. The Morgan fingerprint density at radius 2 is 1.92 bits per heavy atom. The molecule has 26 heavy (non-hydrogen) atoms. The molecular formula is C20H22ClN3O2. The minimum absolute atomic E-state index is 0.121. The van der Waals surface area contributed by atoms with Crippen molar-refractivity contribution in [2.45, 2.75) is 32.0 Å². The van der Waals surface area contributed by atoms with Gasteiger partial charge in [-0.1, -0.05) is 35.9 Å². The van der Waals surface area contributed by atoms with E-state index >= 15 is 0 Å². The first-order chi connectivity index (χ1) is 12.6. The molecule has 0 aromatic heterocycles. The number of halogens is 1. The third-order valence-corrected chi connectivity index (χ3v) is 4.86. The number of nitrogens with one attached hydrogen (secondary N) is 1. The van der Waals surface area contributed by atoms with Gasteiger partial charge in [0.1, 0.15) is 6.04 Å². The van der Waals surface area contributed by atoms with Crippen molar-refractivity contribution < 1.29 is 9.59 Å². The van der Waals surface area contributed by atoms with E-state index in [4.69, 9.17) is 17.3 Å². The van der Waals surface area contributed by atoms with Crippen molar-refractivity contribution in [2.75, 3.05) is 6.54 Å². The van der Waals surface area contributed by atoms with E-state index in [9.17, 15) is 9.59 Å². The summed E-state index contributed by atoms with van der Waals surface area (Å²) in [5.74, 6) is -0.245. The van der Waals surface area contributed by atoms with Crippen LogP contribution in [0.15, 0.2) is 48.5 Å². The minimum Gasteiger partial charge on any atom is -0.350 e. The molecule has 1 fully saturated rings. The van der Waals surface area contributed by atoms with Gasteiger partial charge in [-0.25, -0.2) is 0 Å². The Morgan fingerprint density at radius 1 is 1.15 bits per heavy atom. The Kier molecular flexibility index (Phi) is 5.91. The summed E-state index contributed by atoms with van der Waals surface area (Å²) >= 11 is 5.87. The monoisotopic (exact) mass is 371 g/mol. The lowest BCUT2D eigenvalue weighted by Crippen LogP contribution is -2.45. The standard InChI is InChI=1S/C20H22ClN3O2/c21-17-8-6-14(7-9-17)13-23-19(25)18-5-2-10-24(18)20(26)16-4-1-3-15(11-16)12-22/h1,3-4,6-9,11,18H,2,5,10,12-13,22H2,(H,23,25)/t18-/m0/s1. The highest BCUT2D eigenvalue weighted by atomic mass is 35.5. The van der Waals surface area contributed by atoms with Gasteiger partial charge >= 0.3 is 0 Å². The lowest BCUT2D eigenvalue weighted by atomic mass is 10.1. The highest BCUT2D eigenvalue weighted by molar-refractivity contribution is 6.30. The molecule has 0 saturated carbocycles. The quantitative estimate of drug-likeness (QED) is 0.848. The highest BCUT2D eigenvalue weighted by Crippen LogP contribution is 2.21. The van der Waals surface area contributed by atoms with E-state index < -0.39 is 6.04 Å². The fraction of sp³-hybridized carbons (Fsp3) is 0.300. The second-order valence-corrected chi connectivity index (χ2v) is 6.84. The van der Waals surface area contributed by atoms with Crippen LogP contribution in [-0.2, 0) is 17.9 Å².